The van der Waals surface area contributed by atoms with Crippen molar-refractivity contribution in [2.45, 2.75) is 25.4 Å². The van der Waals surface area contributed by atoms with Gasteiger partial charge in [0.25, 0.3) is 5.91 Å². The molecule has 5 nitrogen and oxygen atoms in total. The molecule has 0 bridgehead atoms. The van der Waals surface area contributed by atoms with E-state index in [1.165, 1.54) is 15.8 Å². The average molecular weight is 283 g/mol. The van der Waals surface area contributed by atoms with Crippen molar-refractivity contribution in [3.8, 4) is 0 Å². The molecular weight excluding hydrogens is 266 g/mol. The van der Waals surface area contributed by atoms with Gasteiger partial charge in [-0.3, -0.25) is 9.69 Å². The number of rotatable bonds is 0. The van der Waals surface area contributed by atoms with Gasteiger partial charge in [-0.05, 0) is 18.6 Å². The largest absolute Gasteiger partial charge is 0.346 e. The third kappa shape index (κ3) is 1.36. The molecule has 2 aliphatic rings. The maximum absolute atomic E-state index is 12.3. The fourth-order valence-electron chi connectivity index (χ4n) is 3.93. The smallest absolute Gasteiger partial charge is 0.327 e. The van der Waals surface area contributed by atoms with E-state index in [1.54, 1.807) is 11.9 Å². The maximum atomic E-state index is 12.3. The lowest BCUT2D eigenvalue weighted by molar-refractivity contribution is -0.127. The van der Waals surface area contributed by atoms with Crippen LogP contribution in [0.4, 0.5) is 4.79 Å². The van der Waals surface area contributed by atoms with Crippen molar-refractivity contribution in [1.82, 2.24) is 14.4 Å². The van der Waals surface area contributed by atoms with Gasteiger partial charge in [0.05, 0.1) is 6.04 Å². The highest BCUT2D eigenvalue weighted by Gasteiger charge is 2.49. The van der Waals surface area contributed by atoms with E-state index in [-0.39, 0.29) is 24.0 Å². The maximum Gasteiger partial charge on any atom is 0.327 e. The zero-order chi connectivity index (χ0) is 14.9. The average Bonchev–Trinajstić information content (AvgIpc) is 2.89. The Hall–Kier alpha value is -2.30. The van der Waals surface area contributed by atoms with Crippen LogP contribution in [0.2, 0.25) is 0 Å². The normalized spacial score (nSPS) is 24.7. The fraction of sp³-hybridized carbons (Fsp3) is 0.375. The highest BCUT2D eigenvalue weighted by molar-refractivity contribution is 6.05. The number of carbonyl (C=O) groups excluding carboxylic acids is 2. The molecule has 1 aromatic heterocycles. The van der Waals surface area contributed by atoms with Gasteiger partial charge in [0.15, 0.2) is 0 Å². The SMILES string of the molecule is CC1c2c(c3ccccc3n2C)CC2C(=O)N(C)C(=O)N21. The summed E-state index contributed by atoms with van der Waals surface area (Å²) in [6, 6.07) is 7.60. The number of likely N-dealkylation sites (N-methyl/N-ethyl adjacent to an activating group) is 1. The molecule has 1 saturated heterocycles. The van der Waals surface area contributed by atoms with Crippen LogP contribution in [0.1, 0.15) is 24.2 Å². The Morgan fingerprint density at radius 1 is 1.14 bits per heavy atom. The van der Waals surface area contributed by atoms with E-state index in [1.807, 2.05) is 26.1 Å². The van der Waals surface area contributed by atoms with Crippen LogP contribution in [-0.2, 0) is 18.3 Å². The summed E-state index contributed by atoms with van der Waals surface area (Å²) in [6.45, 7) is 2.01. The summed E-state index contributed by atoms with van der Waals surface area (Å²) in [4.78, 5) is 27.6. The summed E-state index contributed by atoms with van der Waals surface area (Å²) in [5.41, 5.74) is 3.51. The molecule has 0 N–H and O–H groups in total. The summed E-state index contributed by atoms with van der Waals surface area (Å²) in [5.74, 6) is -0.0922. The highest BCUT2D eigenvalue weighted by atomic mass is 16.2. The molecule has 1 aromatic carbocycles. The molecule has 0 spiro atoms. The molecule has 1 fully saturated rings. The zero-order valence-electron chi connectivity index (χ0n) is 12.3. The van der Waals surface area contributed by atoms with Crippen LogP contribution in [0.15, 0.2) is 24.3 Å². The topological polar surface area (TPSA) is 45.6 Å². The lowest BCUT2D eigenvalue weighted by Gasteiger charge is -2.34. The standard InChI is InChI=1S/C16H17N3O2/c1-9-14-11(10-6-4-5-7-12(10)17(14)2)8-13-15(20)18(3)16(21)19(9)13/h4-7,9,13H,8H2,1-3H3. The monoisotopic (exact) mass is 283 g/mol. The minimum atomic E-state index is -0.351. The first kappa shape index (κ1) is 12.4. The Balaban J connectivity index is 1.97. The number of aryl methyl sites for hydroxylation is 1. The van der Waals surface area contributed by atoms with Crippen molar-refractivity contribution >= 4 is 22.8 Å². The van der Waals surface area contributed by atoms with Crippen molar-refractivity contribution < 1.29 is 9.59 Å². The van der Waals surface area contributed by atoms with Gasteiger partial charge in [-0.1, -0.05) is 18.2 Å². The number of amides is 3. The second-order valence-electron chi connectivity index (χ2n) is 5.92. The molecular formula is C16H17N3O2. The highest BCUT2D eigenvalue weighted by Crippen LogP contribution is 2.41. The van der Waals surface area contributed by atoms with Crippen molar-refractivity contribution in [3.05, 3.63) is 35.5 Å². The van der Waals surface area contributed by atoms with Gasteiger partial charge in [0.1, 0.15) is 6.04 Å². The van der Waals surface area contributed by atoms with Crippen LogP contribution in [0.3, 0.4) is 0 Å². The molecule has 2 aliphatic heterocycles. The van der Waals surface area contributed by atoms with Crippen molar-refractivity contribution in [2.24, 2.45) is 7.05 Å². The quantitative estimate of drug-likeness (QED) is 0.695. The van der Waals surface area contributed by atoms with Crippen LogP contribution in [0.5, 0.6) is 0 Å². The molecule has 2 unspecified atom stereocenters. The van der Waals surface area contributed by atoms with Crippen LogP contribution in [0, 0.1) is 0 Å². The molecule has 3 amide bonds. The number of benzene rings is 1. The second kappa shape index (κ2) is 3.87. The number of imide groups is 1. The molecule has 0 saturated carbocycles. The summed E-state index contributed by atoms with van der Waals surface area (Å²) in [7, 11) is 3.60. The Kier molecular flexibility index (Phi) is 2.29. The molecule has 5 heteroatoms. The van der Waals surface area contributed by atoms with Gasteiger partial charge in [-0.2, -0.15) is 0 Å². The Bertz CT molecular complexity index is 792. The van der Waals surface area contributed by atoms with Gasteiger partial charge in [-0.25, -0.2) is 4.79 Å². The molecule has 0 aliphatic carbocycles. The van der Waals surface area contributed by atoms with E-state index < -0.39 is 0 Å². The molecule has 2 aromatic rings. The van der Waals surface area contributed by atoms with E-state index >= 15 is 0 Å². The molecule has 4 rings (SSSR count). The lowest BCUT2D eigenvalue weighted by atomic mass is 9.93. The molecule has 2 atom stereocenters. The number of nitrogens with zero attached hydrogens (tertiary/aromatic N) is 3. The number of carbonyl (C=O) groups is 2. The van der Waals surface area contributed by atoms with E-state index in [0.717, 1.165) is 11.2 Å². The Morgan fingerprint density at radius 2 is 1.86 bits per heavy atom. The van der Waals surface area contributed by atoms with Gasteiger partial charge in [0, 0.05) is 37.1 Å². The van der Waals surface area contributed by atoms with E-state index in [0.29, 0.717) is 6.42 Å². The molecule has 0 radical (unpaired) electrons. The van der Waals surface area contributed by atoms with E-state index in [2.05, 4.69) is 16.7 Å². The second-order valence-corrected chi connectivity index (χ2v) is 5.92. The van der Waals surface area contributed by atoms with Crippen molar-refractivity contribution in [1.29, 1.82) is 0 Å². The predicted molar refractivity (Wildman–Crippen MR) is 78.8 cm³/mol. The molecule has 108 valence electrons. The molecule has 21 heavy (non-hydrogen) atoms. The minimum absolute atomic E-state index is 0.0856. The number of fused-ring (bicyclic) bond motifs is 4. The molecule has 3 heterocycles. The van der Waals surface area contributed by atoms with E-state index in [9.17, 15) is 9.59 Å². The zero-order valence-corrected chi connectivity index (χ0v) is 12.3. The van der Waals surface area contributed by atoms with Gasteiger partial charge in [-0.15, -0.1) is 0 Å². The number of urea groups is 1. The number of para-hydroxylation sites is 1. The number of aromatic nitrogens is 1. The van der Waals surface area contributed by atoms with Gasteiger partial charge in [0.2, 0.25) is 0 Å². The first-order chi connectivity index (χ1) is 10.0. The third-order valence-corrected chi connectivity index (χ3v) is 4.93. The lowest BCUT2D eigenvalue weighted by Crippen LogP contribution is -2.43. The predicted octanol–water partition coefficient (Wildman–Crippen LogP) is 2.06. The minimum Gasteiger partial charge on any atom is -0.346 e. The van der Waals surface area contributed by atoms with Crippen LogP contribution < -0.4 is 0 Å². The Labute approximate surface area is 122 Å². The number of hydrogen-bond acceptors (Lipinski definition) is 2. The third-order valence-electron chi connectivity index (χ3n) is 4.93. The van der Waals surface area contributed by atoms with E-state index in [4.69, 9.17) is 0 Å². The first-order valence-electron chi connectivity index (χ1n) is 7.18. The summed E-state index contributed by atoms with van der Waals surface area (Å²) >= 11 is 0. The summed E-state index contributed by atoms with van der Waals surface area (Å²) in [6.07, 6.45) is 0.607. The fourth-order valence-corrected chi connectivity index (χ4v) is 3.93. The van der Waals surface area contributed by atoms with Crippen molar-refractivity contribution in [3.63, 3.8) is 0 Å². The van der Waals surface area contributed by atoms with Crippen LogP contribution in [-0.4, -0.2) is 39.4 Å². The Morgan fingerprint density at radius 3 is 2.62 bits per heavy atom. The number of hydrogen-bond donors (Lipinski definition) is 0. The van der Waals surface area contributed by atoms with Crippen LogP contribution >= 0.6 is 0 Å². The first-order valence-corrected chi connectivity index (χ1v) is 7.18. The van der Waals surface area contributed by atoms with Gasteiger partial charge < -0.3 is 9.47 Å². The summed E-state index contributed by atoms with van der Waals surface area (Å²) < 4.78 is 2.15. The van der Waals surface area contributed by atoms with Gasteiger partial charge >= 0.3 is 6.03 Å². The van der Waals surface area contributed by atoms with Crippen molar-refractivity contribution in [2.75, 3.05) is 7.05 Å². The van der Waals surface area contributed by atoms with Crippen LogP contribution in [0.25, 0.3) is 10.9 Å². The summed E-state index contributed by atoms with van der Waals surface area (Å²) in [5, 5.41) is 1.19.